The van der Waals surface area contributed by atoms with E-state index in [4.69, 9.17) is 4.74 Å². The van der Waals surface area contributed by atoms with Crippen molar-refractivity contribution in [2.45, 2.75) is 6.61 Å². The van der Waals surface area contributed by atoms with E-state index in [0.717, 1.165) is 21.5 Å². The van der Waals surface area contributed by atoms with Gasteiger partial charge in [-0.25, -0.2) is 4.68 Å². The van der Waals surface area contributed by atoms with E-state index in [0.29, 0.717) is 17.9 Å². The van der Waals surface area contributed by atoms with Gasteiger partial charge in [-0.15, -0.1) is 16.4 Å². The summed E-state index contributed by atoms with van der Waals surface area (Å²) in [5.41, 5.74) is 2.47. The van der Waals surface area contributed by atoms with Crippen LogP contribution in [0.2, 0.25) is 0 Å². The molecule has 0 fully saturated rings. The van der Waals surface area contributed by atoms with Crippen molar-refractivity contribution in [2.24, 2.45) is 7.05 Å². The first kappa shape index (κ1) is 15.5. The predicted octanol–water partition coefficient (Wildman–Crippen LogP) is 3.03. The summed E-state index contributed by atoms with van der Waals surface area (Å²) in [4.78, 5) is 20.9. The van der Waals surface area contributed by atoms with Crippen molar-refractivity contribution < 1.29 is 4.74 Å². The summed E-state index contributed by atoms with van der Waals surface area (Å²) in [7, 11) is 1.63. The molecule has 0 aliphatic rings. The highest BCUT2D eigenvalue weighted by molar-refractivity contribution is 7.18. The molecule has 4 heterocycles. The lowest BCUT2D eigenvalue weighted by Gasteiger charge is -2.08. The first-order valence-corrected chi connectivity index (χ1v) is 8.53. The topological polar surface area (TPSA) is 69.9 Å². The second kappa shape index (κ2) is 6.45. The molecule has 6 nitrogen and oxygen atoms in total. The third kappa shape index (κ3) is 2.89. The Kier molecular flexibility index (Phi) is 3.99. The molecule has 0 aliphatic heterocycles. The molecule has 0 spiro atoms. The molecule has 0 aliphatic carbocycles. The van der Waals surface area contributed by atoms with Gasteiger partial charge in [-0.05, 0) is 29.8 Å². The molecular weight excluding hydrogens is 336 g/mol. The van der Waals surface area contributed by atoms with Gasteiger partial charge in [0.2, 0.25) is 5.88 Å². The maximum absolute atomic E-state index is 12.6. The largest absolute Gasteiger partial charge is 0.469 e. The first-order chi connectivity index (χ1) is 12.2. The van der Waals surface area contributed by atoms with Crippen LogP contribution in [0.4, 0.5) is 0 Å². The molecule has 0 radical (unpaired) electrons. The Morgan fingerprint density at radius 1 is 1.16 bits per heavy atom. The van der Waals surface area contributed by atoms with Gasteiger partial charge in [-0.3, -0.25) is 14.8 Å². The van der Waals surface area contributed by atoms with Crippen molar-refractivity contribution >= 4 is 21.4 Å². The van der Waals surface area contributed by atoms with Gasteiger partial charge in [0.1, 0.15) is 11.3 Å². The summed E-state index contributed by atoms with van der Waals surface area (Å²) >= 11 is 1.45. The number of hydrogen-bond acceptors (Lipinski definition) is 6. The van der Waals surface area contributed by atoms with Crippen molar-refractivity contribution in [3.63, 3.8) is 0 Å². The van der Waals surface area contributed by atoms with Crippen LogP contribution in [0, 0.1) is 0 Å². The summed E-state index contributed by atoms with van der Waals surface area (Å²) in [5.74, 6) is 0.438. The van der Waals surface area contributed by atoms with Crippen LogP contribution in [0.5, 0.6) is 5.88 Å². The van der Waals surface area contributed by atoms with Crippen LogP contribution in [-0.4, -0.2) is 19.7 Å². The zero-order valence-electron chi connectivity index (χ0n) is 13.4. The van der Waals surface area contributed by atoms with E-state index in [1.54, 1.807) is 25.6 Å². The number of aromatic nitrogens is 4. The van der Waals surface area contributed by atoms with Gasteiger partial charge in [0.25, 0.3) is 5.56 Å². The van der Waals surface area contributed by atoms with Gasteiger partial charge in [-0.2, -0.15) is 0 Å². The van der Waals surface area contributed by atoms with Crippen LogP contribution in [0.15, 0.2) is 59.1 Å². The smallest absolute Gasteiger partial charge is 0.276 e. The lowest BCUT2D eigenvalue weighted by molar-refractivity contribution is 0.286. The molecule has 0 bridgehead atoms. The van der Waals surface area contributed by atoms with Crippen molar-refractivity contribution in [1.29, 1.82) is 0 Å². The highest BCUT2D eigenvalue weighted by Crippen LogP contribution is 2.35. The molecule has 4 aromatic rings. The van der Waals surface area contributed by atoms with Gasteiger partial charge in [0.05, 0.1) is 11.1 Å². The third-order valence-electron chi connectivity index (χ3n) is 3.81. The summed E-state index contributed by atoms with van der Waals surface area (Å²) in [5, 5.41) is 6.85. The van der Waals surface area contributed by atoms with E-state index in [-0.39, 0.29) is 5.56 Å². The summed E-state index contributed by atoms with van der Waals surface area (Å²) in [6.45, 7) is 0.295. The second-order valence-electron chi connectivity index (χ2n) is 5.43. The molecule has 124 valence electrons. The summed E-state index contributed by atoms with van der Waals surface area (Å²) in [6, 6.07) is 9.41. The van der Waals surface area contributed by atoms with E-state index in [9.17, 15) is 4.79 Å². The molecule has 4 aromatic heterocycles. The number of rotatable bonds is 4. The molecule has 0 unspecified atom stereocenters. The minimum absolute atomic E-state index is 0.145. The second-order valence-corrected chi connectivity index (χ2v) is 6.31. The maximum atomic E-state index is 12.6. The lowest BCUT2D eigenvalue weighted by Crippen LogP contribution is -2.20. The van der Waals surface area contributed by atoms with Gasteiger partial charge < -0.3 is 4.74 Å². The van der Waals surface area contributed by atoms with Crippen molar-refractivity contribution in [3.8, 4) is 17.0 Å². The van der Waals surface area contributed by atoms with Crippen LogP contribution in [0.1, 0.15) is 5.69 Å². The Hall–Kier alpha value is -3.06. The number of thiophene rings is 1. The minimum Gasteiger partial charge on any atom is -0.469 e. The minimum atomic E-state index is -0.145. The van der Waals surface area contributed by atoms with E-state index < -0.39 is 0 Å². The summed E-state index contributed by atoms with van der Waals surface area (Å²) < 4.78 is 7.91. The van der Waals surface area contributed by atoms with Gasteiger partial charge in [-0.1, -0.05) is 6.07 Å². The van der Waals surface area contributed by atoms with E-state index in [2.05, 4.69) is 15.1 Å². The average Bonchev–Trinajstić information content (AvgIpc) is 3.11. The van der Waals surface area contributed by atoms with E-state index in [1.807, 2.05) is 35.7 Å². The number of hydrogen-bond donors (Lipinski definition) is 0. The Bertz CT molecular complexity index is 1070. The Balaban J connectivity index is 1.80. The highest BCUT2D eigenvalue weighted by atomic mass is 32.1. The van der Waals surface area contributed by atoms with Crippen molar-refractivity contribution in [2.75, 3.05) is 0 Å². The fraction of sp³-hybridized carbons (Fsp3) is 0.111. The molecule has 0 saturated carbocycles. The molecule has 7 heteroatoms. The molecule has 0 N–H and O–H groups in total. The highest BCUT2D eigenvalue weighted by Gasteiger charge is 2.17. The average molecular weight is 350 g/mol. The molecule has 0 amide bonds. The number of nitrogens with zero attached hydrogens (tertiary/aromatic N) is 4. The zero-order valence-corrected chi connectivity index (χ0v) is 14.2. The lowest BCUT2D eigenvalue weighted by atomic mass is 10.1. The first-order valence-electron chi connectivity index (χ1n) is 7.65. The van der Waals surface area contributed by atoms with E-state index in [1.165, 1.54) is 16.0 Å². The van der Waals surface area contributed by atoms with Crippen molar-refractivity contribution in [3.05, 3.63) is 70.4 Å². The molecule has 0 atom stereocenters. The maximum Gasteiger partial charge on any atom is 0.276 e. The normalized spacial score (nSPS) is 10.9. The quantitative estimate of drug-likeness (QED) is 0.566. The fourth-order valence-corrected chi connectivity index (χ4v) is 3.59. The molecule has 25 heavy (non-hydrogen) atoms. The SMILES string of the molecule is Cn1nc(OCc2ccccn2)c2scc(-c3ccncc3)c2c1=O. The Labute approximate surface area is 147 Å². The summed E-state index contributed by atoms with van der Waals surface area (Å²) in [6.07, 6.45) is 5.14. The monoisotopic (exact) mass is 350 g/mol. The van der Waals surface area contributed by atoms with Gasteiger partial charge in [0.15, 0.2) is 0 Å². The number of pyridine rings is 2. The zero-order chi connectivity index (χ0) is 17.2. The fourth-order valence-electron chi connectivity index (χ4n) is 2.58. The Morgan fingerprint density at radius 3 is 2.76 bits per heavy atom. The number of aryl methyl sites for hydroxylation is 1. The standard InChI is InChI=1S/C18H14N4O2S/c1-22-18(23)15-14(12-5-8-19-9-6-12)11-25-16(15)17(21-22)24-10-13-4-2-3-7-20-13/h2-9,11H,10H2,1H3. The predicted molar refractivity (Wildman–Crippen MR) is 96.7 cm³/mol. The molecule has 0 aromatic carbocycles. The van der Waals surface area contributed by atoms with Crippen LogP contribution >= 0.6 is 11.3 Å². The molecule has 0 saturated heterocycles. The van der Waals surface area contributed by atoms with E-state index >= 15 is 0 Å². The Morgan fingerprint density at radius 2 is 2.00 bits per heavy atom. The van der Waals surface area contributed by atoms with Crippen LogP contribution in [0.3, 0.4) is 0 Å². The van der Waals surface area contributed by atoms with Crippen molar-refractivity contribution in [1.82, 2.24) is 19.7 Å². The molecule has 4 rings (SSSR count). The molecular formula is C18H14N4O2S. The number of fused-ring (bicyclic) bond motifs is 1. The van der Waals surface area contributed by atoms with Gasteiger partial charge in [0, 0.05) is 36.6 Å². The van der Waals surface area contributed by atoms with Crippen LogP contribution in [0.25, 0.3) is 21.2 Å². The van der Waals surface area contributed by atoms with Gasteiger partial charge >= 0.3 is 0 Å². The number of ether oxygens (including phenoxy) is 1. The van der Waals surface area contributed by atoms with Crippen LogP contribution in [-0.2, 0) is 13.7 Å². The third-order valence-corrected chi connectivity index (χ3v) is 4.78. The van der Waals surface area contributed by atoms with Crippen LogP contribution < -0.4 is 10.3 Å².